The van der Waals surface area contributed by atoms with E-state index in [1.165, 1.54) is 17.4 Å². The fourth-order valence-corrected chi connectivity index (χ4v) is 3.44. The number of amides is 1. The van der Waals surface area contributed by atoms with Crippen LogP contribution in [0.15, 0.2) is 43.1 Å². The Morgan fingerprint density at radius 1 is 1.39 bits per heavy atom. The summed E-state index contributed by atoms with van der Waals surface area (Å²) in [5.41, 5.74) is 2.71. The number of carbonyl (C=O) groups is 1. The summed E-state index contributed by atoms with van der Waals surface area (Å²) in [7, 11) is 0. The highest BCUT2D eigenvalue weighted by Crippen LogP contribution is 2.30. The highest BCUT2D eigenvalue weighted by Gasteiger charge is 2.11. The monoisotopic (exact) mass is 398 g/mol. The van der Waals surface area contributed by atoms with Crippen LogP contribution in [0, 0.1) is 5.82 Å². The number of imidazole rings is 1. The molecule has 2 N–H and O–H groups in total. The molecule has 0 aliphatic rings. The smallest absolute Gasteiger partial charge is 0.207 e. The summed E-state index contributed by atoms with van der Waals surface area (Å²) in [6.45, 7) is 6.76. The molecule has 9 heteroatoms. The maximum atomic E-state index is 13.9. The van der Waals surface area contributed by atoms with Gasteiger partial charge < -0.3 is 15.2 Å². The highest BCUT2D eigenvalue weighted by molar-refractivity contribution is 7.18. The first kappa shape index (κ1) is 19.4. The molecule has 0 saturated carbocycles. The second-order valence-electron chi connectivity index (χ2n) is 5.80. The Morgan fingerprint density at radius 3 is 3.00 bits per heavy atom. The first-order chi connectivity index (χ1) is 13.6. The maximum absolute atomic E-state index is 13.9. The molecule has 3 aromatic rings. The van der Waals surface area contributed by atoms with Crippen molar-refractivity contribution in [3.8, 4) is 10.6 Å². The van der Waals surface area contributed by atoms with Gasteiger partial charge in [0.1, 0.15) is 11.5 Å². The van der Waals surface area contributed by atoms with Gasteiger partial charge >= 0.3 is 0 Å². The predicted octanol–water partition coefficient (Wildman–Crippen LogP) is 3.40. The SMILES string of the molecule is C=Cc1ncn(CCNC=O)c1/C=C(\C)Nc1ncc(-c2ncccc2F)s1. The zero-order valence-electron chi connectivity index (χ0n) is 15.2. The molecule has 0 unspecified atom stereocenters. The second-order valence-corrected chi connectivity index (χ2v) is 6.83. The van der Waals surface area contributed by atoms with Crippen LogP contribution in [-0.4, -0.2) is 32.5 Å². The molecule has 0 atom stereocenters. The fraction of sp³-hybridized carbons (Fsp3) is 0.158. The van der Waals surface area contributed by atoms with Gasteiger partial charge in [-0.05, 0) is 31.2 Å². The van der Waals surface area contributed by atoms with Crippen molar-refractivity contribution in [3.63, 3.8) is 0 Å². The molecule has 3 rings (SSSR count). The minimum Gasteiger partial charge on any atom is -0.357 e. The zero-order valence-corrected chi connectivity index (χ0v) is 16.0. The van der Waals surface area contributed by atoms with Crippen LogP contribution in [0.1, 0.15) is 18.3 Å². The van der Waals surface area contributed by atoms with E-state index in [0.717, 1.165) is 17.1 Å². The normalized spacial score (nSPS) is 11.3. The van der Waals surface area contributed by atoms with E-state index >= 15 is 0 Å². The average Bonchev–Trinajstić information content (AvgIpc) is 3.29. The Bertz CT molecular complexity index is 1010. The van der Waals surface area contributed by atoms with Crippen LogP contribution in [0.25, 0.3) is 22.7 Å². The number of hydrogen-bond donors (Lipinski definition) is 2. The molecule has 3 heterocycles. The molecule has 0 saturated heterocycles. The van der Waals surface area contributed by atoms with Crippen LogP contribution < -0.4 is 10.6 Å². The molecule has 0 radical (unpaired) electrons. The standard InChI is InChI=1S/C19H19FN6OS/c1-3-15-16(26(11-24-15)8-7-21-12-27)9-13(2)25-19-23-10-17(28-19)18-14(20)5-4-6-22-18/h3-6,9-12H,1,7-8H2,2H3,(H,21,27)(H,23,25)/b13-9+. The van der Waals surface area contributed by atoms with E-state index in [9.17, 15) is 9.18 Å². The van der Waals surface area contributed by atoms with E-state index in [0.29, 0.717) is 29.5 Å². The Morgan fingerprint density at radius 2 is 2.25 bits per heavy atom. The van der Waals surface area contributed by atoms with Gasteiger partial charge in [-0.3, -0.25) is 9.78 Å². The summed E-state index contributed by atoms with van der Waals surface area (Å²) in [6.07, 6.45) is 9.11. The molecule has 28 heavy (non-hydrogen) atoms. The van der Waals surface area contributed by atoms with Crippen molar-refractivity contribution in [1.29, 1.82) is 0 Å². The summed E-state index contributed by atoms with van der Waals surface area (Å²) in [6, 6.07) is 2.93. The van der Waals surface area contributed by atoms with Gasteiger partial charge in [0, 0.05) is 31.2 Å². The minimum absolute atomic E-state index is 0.282. The van der Waals surface area contributed by atoms with Crippen molar-refractivity contribution < 1.29 is 9.18 Å². The third-order valence-corrected chi connectivity index (χ3v) is 4.76. The molecule has 0 aliphatic heterocycles. The van der Waals surface area contributed by atoms with E-state index in [1.807, 2.05) is 17.6 Å². The number of thiazole rings is 1. The van der Waals surface area contributed by atoms with Crippen molar-refractivity contribution in [1.82, 2.24) is 24.8 Å². The summed E-state index contributed by atoms with van der Waals surface area (Å²) in [4.78, 5) is 23.8. The number of anilines is 1. The number of rotatable bonds is 9. The summed E-state index contributed by atoms with van der Waals surface area (Å²) >= 11 is 1.32. The number of allylic oxidation sites excluding steroid dienone is 1. The van der Waals surface area contributed by atoms with Crippen molar-refractivity contribution in [3.05, 3.63) is 60.3 Å². The van der Waals surface area contributed by atoms with Gasteiger partial charge in [0.05, 0.1) is 22.6 Å². The number of carbonyl (C=O) groups excluding carboxylic acids is 1. The molecule has 1 amide bonds. The lowest BCUT2D eigenvalue weighted by Crippen LogP contribution is -2.18. The van der Waals surface area contributed by atoms with Crippen molar-refractivity contribution in [2.45, 2.75) is 13.5 Å². The van der Waals surface area contributed by atoms with Crippen LogP contribution in [0.4, 0.5) is 9.52 Å². The topological polar surface area (TPSA) is 84.7 Å². The van der Waals surface area contributed by atoms with Gasteiger partial charge in [-0.25, -0.2) is 14.4 Å². The quantitative estimate of drug-likeness (QED) is 0.426. The fourth-order valence-electron chi connectivity index (χ4n) is 2.56. The summed E-state index contributed by atoms with van der Waals surface area (Å²) < 4.78 is 15.8. The van der Waals surface area contributed by atoms with E-state index in [-0.39, 0.29) is 11.5 Å². The lowest BCUT2D eigenvalue weighted by Gasteiger charge is -2.08. The van der Waals surface area contributed by atoms with Gasteiger partial charge in [-0.15, -0.1) is 0 Å². The molecule has 0 bridgehead atoms. The molecule has 144 valence electrons. The number of hydrogen-bond acceptors (Lipinski definition) is 6. The second kappa shape index (κ2) is 9.05. The number of halogens is 1. The van der Waals surface area contributed by atoms with Crippen LogP contribution in [0.3, 0.4) is 0 Å². The van der Waals surface area contributed by atoms with Gasteiger partial charge in [0.15, 0.2) is 5.13 Å². The first-order valence-corrected chi connectivity index (χ1v) is 9.30. The molecule has 0 spiro atoms. The van der Waals surface area contributed by atoms with Crippen LogP contribution in [-0.2, 0) is 11.3 Å². The van der Waals surface area contributed by atoms with Gasteiger partial charge in [0.2, 0.25) is 6.41 Å². The Balaban J connectivity index is 1.78. The Kier molecular flexibility index (Phi) is 6.28. The number of pyridine rings is 1. The Hall–Kier alpha value is -3.33. The third-order valence-electron chi connectivity index (χ3n) is 3.84. The largest absolute Gasteiger partial charge is 0.357 e. The molecule has 0 aliphatic carbocycles. The number of nitrogens with one attached hydrogen (secondary N) is 2. The van der Waals surface area contributed by atoms with E-state index in [2.05, 4.69) is 32.2 Å². The van der Waals surface area contributed by atoms with Crippen LogP contribution in [0.2, 0.25) is 0 Å². The zero-order chi connectivity index (χ0) is 19.9. The lowest BCUT2D eigenvalue weighted by atomic mass is 10.2. The molecule has 7 nitrogen and oxygen atoms in total. The number of nitrogens with zero attached hydrogens (tertiary/aromatic N) is 4. The molecular weight excluding hydrogens is 379 g/mol. The van der Waals surface area contributed by atoms with Crippen LogP contribution in [0.5, 0.6) is 0 Å². The van der Waals surface area contributed by atoms with E-state index in [4.69, 9.17) is 0 Å². The lowest BCUT2D eigenvalue weighted by molar-refractivity contribution is -0.109. The van der Waals surface area contributed by atoms with Crippen molar-refractivity contribution >= 4 is 35.0 Å². The van der Waals surface area contributed by atoms with Crippen LogP contribution >= 0.6 is 11.3 Å². The molecule has 0 aromatic carbocycles. The van der Waals surface area contributed by atoms with Gasteiger partial charge in [-0.1, -0.05) is 17.9 Å². The van der Waals surface area contributed by atoms with Gasteiger partial charge in [0.25, 0.3) is 0 Å². The number of aromatic nitrogens is 4. The average molecular weight is 398 g/mol. The predicted molar refractivity (Wildman–Crippen MR) is 109 cm³/mol. The van der Waals surface area contributed by atoms with Gasteiger partial charge in [-0.2, -0.15) is 0 Å². The minimum atomic E-state index is -0.381. The summed E-state index contributed by atoms with van der Waals surface area (Å²) in [5, 5.41) is 6.47. The van der Waals surface area contributed by atoms with Crippen molar-refractivity contribution in [2.24, 2.45) is 0 Å². The van der Waals surface area contributed by atoms with E-state index < -0.39 is 0 Å². The molecule has 3 aromatic heterocycles. The molecule has 0 fully saturated rings. The van der Waals surface area contributed by atoms with E-state index in [1.54, 1.807) is 30.9 Å². The van der Waals surface area contributed by atoms with Crippen molar-refractivity contribution in [2.75, 3.05) is 11.9 Å². The highest BCUT2D eigenvalue weighted by atomic mass is 32.1. The summed E-state index contributed by atoms with van der Waals surface area (Å²) in [5.74, 6) is -0.381. The molecular formula is C19H19FN6OS. The maximum Gasteiger partial charge on any atom is 0.207 e. The first-order valence-electron chi connectivity index (χ1n) is 8.49. The third kappa shape index (κ3) is 4.49. The Labute approximate surface area is 165 Å².